The fraction of sp³-hybridized carbons (Fsp3) is 0.500. The Kier molecular flexibility index (Phi) is 4.90. The highest BCUT2D eigenvalue weighted by atomic mass is 16.3. The van der Waals surface area contributed by atoms with Crippen molar-refractivity contribution in [3.63, 3.8) is 0 Å². The molecule has 1 rings (SSSR count). The molecular weight excluding hydrogens is 218 g/mol. The molecule has 0 spiro atoms. The van der Waals surface area contributed by atoms with E-state index in [4.69, 9.17) is 0 Å². The molecule has 1 atom stereocenters. The Morgan fingerprint density at radius 2 is 2.35 bits per heavy atom. The maximum atomic E-state index is 11.4. The van der Waals surface area contributed by atoms with Gasteiger partial charge in [0.15, 0.2) is 0 Å². The highest BCUT2D eigenvalue weighted by molar-refractivity contribution is 5.80. The van der Waals surface area contributed by atoms with Crippen LogP contribution in [-0.2, 0) is 4.79 Å². The van der Waals surface area contributed by atoms with Crippen molar-refractivity contribution in [3.05, 3.63) is 23.9 Å². The van der Waals surface area contributed by atoms with E-state index in [1.165, 1.54) is 0 Å². The van der Waals surface area contributed by atoms with Crippen LogP contribution in [0.1, 0.15) is 25.5 Å². The molecule has 0 saturated heterocycles. The maximum absolute atomic E-state index is 11.4. The van der Waals surface area contributed by atoms with Gasteiger partial charge in [-0.1, -0.05) is 0 Å². The molecule has 0 aliphatic carbocycles. The summed E-state index contributed by atoms with van der Waals surface area (Å²) in [6.07, 6.45) is 1.10. The predicted molar refractivity (Wildman–Crippen MR) is 66.8 cm³/mol. The van der Waals surface area contributed by atoms with E-state index in [1.54, 1.807) is 37.2 Å². The average Bonchev–Trinajstić information content (AvgIpc) is 2.29. The third-order valence-electron chi connectivity index (χ3n) is 2.40. The molecule has 2 N–H and O–H groups in total. The number of hydrogen-bond acceptors (Lipinski definition) is 4. The highest BCUT2D eigenvalue weighted by Crippen LogP contribution is 2.16. The van der Waals surface area contributed by atoms with Gasteiger partial charge in [-0.2, -0.15) is 0 Å². The molecular formula is C12H19N3O2. The second-order valence-corrected chi connectivity index (χ2v) is 3.93. The van der Waals surface area contributed by atoms with Crippen molar-refractivity contribution in [2.24, 2.45) is 0 Å². The Morgan fingerprint density at radius 1 is 1.65 bits per heavy atom. The van der Waals surface area contributed by atoms with Crippen molar-refractivity contribution in [2.45, 2.75) is 20.0 Å². The van der Waals surface area contributed by atoms with E-state index in [1.807, 2.05) is 6.92 Å². The van der Waals surface area contributed by atoms with Gasteiger partial charge in [-0.25, -0.2) is 4.98 Å². The zero-order chi connectivity index (χ0) is 12.8. The lowest BCUT2D eigenvalue weighted by Crippen LogP contribution is -2.35. The zero-order valence-electron chi connectivity index (χ0n) is 10.5. The van der Waals surface area contributed by atoms with E-state index < -0.39 is 6.10 Å². The van der Waals surface area contributed by atoms with Gasteiger partial charge in [-0.05, 0) is 31.5 Å². The van der Waals surface area contributed by atoms with Gasteiger partial charge in [-0.15, -0.1) is 0 Å². The van der Waals surface area contributed by atoms with Crippen molar-refractivity contribution < 1.29 is 9.90 Å². The molecule has 0 radical (unpaired) electrons. The SMILES string of the molecule is CCNC(=O)CN(C)c1cc([C@H](C)O)ccn1. The van der Waals surface area contributed by atoms with E-state index in [-0.39, 0.29) is 12.5 Å². The number of pyridine rings is 1. The van der Waals surface area contributed by atoms with Crippen LogP contribution < -0.4 is 10.2 Å². The lowest BCUT2D eigenvalue weighted by molar-refractivity contribution is -0.119. The molecule has 1 aromatic rings. The van der Waals surface area contributed by atoms with Crippen LogP contribution in [0.3, 0.4) is 0 Å². The standard InChI is InChI=1S/C12H19N3O2/c1-4-13-12(17)8-15(3)11-7-10(9(2)16)5-6-14-11/h5-7,9,16H,4,8H2,1-3H3,(H,13,17)/t9-/m0/s1. The van der Waals surface area contributed by atoms with Gasteiger partial charge in [-0.3, -0.25) is 4.79 Å². The highest BCUT2D eigenvalue weighted by Gasteiger charge is 2.09. The third kappa shape index (κ3) is 4.03. The van der Waals surface area contributed by atoms with E-state index in [0.29, 0.717) is 12.4 Å². The van der Waals surface area contributed by atoms with Crippen LogP contribution in [0.15, 0.2) is 18.3 Å². The Bertz CT molecular complexity index is 380. The fourth-order valence-corrected chi connectivity index (χ4v) is 1.45. The van der Waals surface area contributed by atoms with Crippen LogP contribution in [0, 0.1) is 0 Å². The van der Waals surface area contributed by atoms with E-state index in [0.717, 1.165) is 5.56 Å². The van der Waals surface area contributed by atoms with Crippen molar-refractivity contribution >= 4 is 11.7 Å². The number of anilines is 1. The van der Waals surface area contributed by atoms with Gasteiger partial charge in [0, 0.05) is 19.8 Å². The first-order valence-corrected chi connectivity index (χ1v) is 5.66. The van der Waals surface area contributed by atoms with Crippen LogP contribution in [0.25, 0.3) is 0 Å². The molecule has 0 fully saturated rings. The van der Waals surface area contributed by atoms with Crippen molar-refractivity contribution in [3.8, 4) is 0 Å². The number of aromatic nitrogens is 1. The Morgan fingerprint density at radius 3 is 2.94 bits per heavy atom. The second-order valence-electron chi connectivity index (χ2n) is 3.93. The molecule has 0 saturated carbocycles. The van der Waals surface area contributed by atoms with Crippen LogP contribution in [0.5, 0.6) is 0 Å². The summed E-state index contributed by atoms with van der Waals surface area (Å²) in [6.45, 7) is 4.45. The minimum atomic E-state index is -0.533. The molecule has 1 aromatic heterocycles. The smallest absolute Gasteiger partial charge is 0.239 e. The lowest BCUT2D eigenvalue weighted by Gasteiger charge is -2.18. The van der Waals surface area contributed by atoms with Crippen molar-refractivity contribution in [1.82, 2.24) is 10.3 Å². The average molecular weight is 237 g/mol. The fourth-order valence-electron chi connectivity index (χ4n) is 1.45. The van der Waals surface area contributed by atoms with Gasteiger partial charge in [0.1, 0.15) is 5.82 Å². The first-order chi connectivity index (χ1) is 8.04. The van der Waals surface area contributed by atoms with Crippen LogP contribution in [0.2, 0.25) is 0 Å². The predicted octanol–water partition coefficient (Wildman–Crippen LogP) is 0.707. The number of aliphatic hydroxyl groups is 1. The Balaban J connectivity index is 2.71. The maximum Gasteiger partial charge on any atom is 0.239 e. The zero-order valence-corrected chi connectivity index (χ0v) is 10.5. The van der Waals surface area contributed by atoms with E-state index in [2.05, 4.69) is 10.3 Å². The molecule has 5 heteroatoms. The topological polar surface area (TPSA) is 65.5 Å². The molecule has 0 aliphatic rings. The summed E-state index contributed by atoms with van der Waals surface area (Å²) in [6, 6.07) is 3.54. The van der Waals surface area contributed by atoms with E-state index in [9.17, 15) is 9.90 Å². The number of hydrogen-bond donors (Lipinski definition) is 2. The summed E-state index contributed by atoms with van der Waals surface area (Å²) < 4.78 is 0. The van der Waals surface area contributed by atoms with Gasteiger partial charge < -0.3 is 15.3 Å². The number of likely N-dealkylation sites (N-methyl/N-ethyl adjacent to an activating group) is 2. The summed E-state index contributed by atoms with van der Waals surface area (Å²) in [5.41, 5.74) is 0.790. The number of amides is 1. The molecule has 1 amide bonds. The van der Waals surface area contributed by atoms with Gasteiger partial charge >= 0.3 is 0 Å². The Labute approximate surface area is 101 Å². The van der Waals surface area contributed by atoms with Gasteiger partial charge in [0.05, 0.1) is 12.6 Å². The number of nitrogens with one attached hydrogen (secondary N) is 1. The van der Waals surface area contributed by atoms with Gasteiger partial charge in [0.2, 0.25) is 5.91 Å². The number of nitrogens with zero attached hydrogens (tertiary/aromatic N) is 2. The molecule has 1 heterocycles. The van der Waals surface area contributed by atoms with Crippen LogP contribution in [0.4, 0.5) is 5.82 Å². The molecule has 0 aliphatic heterocycles. The Hall–Kier alpha value is -1.62. The molecule has 17 heavy (non-hydrogen) atoms. The largest absolute Gasteiger partial charge is 0.389 e. The monoisotopic (exact) mass is 237 g/mol. The number of aliphatic hydroxyl groups excluding tert-OH is 1. The molecule has 0 bridgehead atoms. The summed E-state index contributed by atoms with van der Waals surface area (Å²) in [5, 5.41) is 12.2. The minimum absolute atomic E-state index is 0.0424. The lowest BCUT2D eigenvalue weighted by atomic mass is 10.2. The number of rotatable bonds is 5. The van der Waals surface area contributed by atoms with Gasteiger partial charge in [0.25, 0.3) is 0 Å². The molecule has 94 valence electrons. The number of carbonyl (C=O) groups is 1. The first kappa shape index (κ1) is 13.4. The minimum Gasteiger partial charge on any atom is -0.389 e. The summed E-state index contributed by atoms with van der Waals surface area (Å²) >= 11 is 0. The molecule has 0 unspecified atom stereocenters. The normalized spacial score (nSPS) is 12.0. The summed E-state index contributed by atoms with van der Waals surface area (Å²) in [5.74, 6) is 0.633. The van der Waals surface area contributed by atoms with Crippen LogP contribution >= 0.6 is 0 Å². The summed E-state index contributed by atoms with van der Waals surface area (Å²) in [7, 11) is 1.80. The molecule has 0 aromatic carbocycles. The van der Waals surface area contributed by atoms with Crippen molar-refractivity contribution in [1.29, 1.82) is 0 Å². The van der Waals surface area contributed by atoms with Crippen molar-refractivity contribution in [2.75, 3.05) is 25.0 Å². The third-order valence-corrected chi connectivity index (χ3v) is 2.40. The number of carbonyl (C=O) groups excluding carboxylic acids is 1. The van der Waals surface area contributed by atoms with E-state index >= 15 is 0 Å². The second kappa shape index (κ2) is 6.20. The first-order valence-electron chi connectivity index (χ1n) is 5.66. The quantitative estimate of drug-likeness (QED) is 0.791. The molecule has 5 nitrogen and oxygen atoms in total. The van der Waals surface area contributed by atoms with Crippen LogP contribution in [-0.4, -0.2) is 36.1 Å². The summed E-state index contributed by atoms with van der Waals surface area (Å²) in [4.78, 5) is 17.3.